The van der Waals surface area contributed by atoms with Gasteiger partial charge in [0, 0.05) is 29.1 Å². The predicted octanol–water partition coefficient (Wildman–Crippen LogP) is 4.45. The molecule has 2 heterocycles. The molecule has 0 spiro atoms. The molecular weight excluding hydrogens is 244 g/mol. The summed E-state index contributed by atoms with van der Waals surface area (Å²) < 4.78 is 2.26. The molecule has 2 aliphatic heterocycles. The molecule has 2 heteroatoms. The number of hydrogen-bond acceptors (Lipinski definition) is 1. The molecular formula is C18H16N2. The van der Waals surface area contributed by atoms with Crippen molar-refractivity contribution in [3.63, 3.8) is 0 Å². The SMILES string of the molecule is Cc1ccc2nc3c4ccccc4n(C)c(C)c-3c2c1. The maximum Gasteiger partial charge on any atom is 0.0827 e. The number of aromatic nitrogens is 2. The van der Waals surface area contributed by atoms with Crippen LogP contribution in [0, 0.1) is 13.8 Å². The van der Waals surface area contributed by atoms with Gasteiger partial charge >= 0.3 is 0 Å². The second-order valence-corrected chi connectivity index (χ2v) is 5.52. The normalized spacial score (nSPS) is 11.8. The number of hydrogen-bond donors (Lipinski definition) is 0. The van der Waals surface area contributed by atoms with Gasteiger partial charge in [-0.3, -0.25) is 0 Å². The van der Waals surface area contributed by atoms with E-state index in [4.69, 9.17) is 4.98 Å². The number of benzene rings is 2. The second kappa shape index (κ2) is 3.83. The Balaban J connectivity index is 2.33. The molecule has 0 unspecified atom stereocenters. The van der Waals surface area contributed by atoms with Crippen molar-refractivity contribution in [1.82, 2.24) is 9.55 Å². The van der Waals surface area contributed by atoms with E-state index in [1.807, 2.05) is 0 Å². The van der Waals surface area contributed by atoms with Crippen molar-refractivity contribution >= 4 is 21.8 Å². The van der Waals surface area contributed by atoms with E-state index >= 15 is 0 Å². The van der Waals surface area contributed by atoms with Crippen molar-refractivity contribution in [2.75, 3.05) is 0 Å². The molecule has 2 aromatic rings. The lowest BCUT2D eigenvalue weighted by molar-refractivity contribution is 0.904. The fourth-order valence-corrected chi connectivity index (χ4v) is 3.13. The van der Waals surface area contributed by atoms with Crippen LogP contribution in [0.5, 0.6) is 0 Å². The van der Waals surface area contributed by atoms with Crippen molar-refractivity contribution in [3.05, 3.63) is 53.7 Å². The number of rotatable bonds is 0. The quantitative estimate of drug-likeness (QED) is 0.457. The number of nitrogens with zero attached hydrogens (tertiary/aromatic N) is 2. The van der Waals surface area contributed by atoms with Crippen molar-refractivity contribution < 1.29 is 0 Å². The van der Waals surface area contributed by atoms with Crippen LogP contribution in [0.25, 0.3) is 33.1 Å². The first kappa shape index (κ1) is 11.5. The van der Waals surface area contributed by atoms with E-state index in [1.165, 1.54) is 33.1 Å². The second-order valence-electron chi connectivity index (χ2n) is 5.52. The maximum atomic E-state index is 4.87. The summed E-state index contributed by atoms with van der Waals surface area (Å²) in [6.07, 6.45) is 0. The average molecular weight is 260 g/mol. The van der Waals surface area contributed by atoms with Crippen molar-refractivity contribution in [2.24, 2.45) is 7.05 Å². The maximum absolute atomic E-state index is 4.87. The lowest BCUT2D eigenvalue weighted by Gasteiger charge is -2.15. The summed E-state index contributed by atoms with van der Waals surface area (Å²) in [5, 5.41) is 2.49. The van der Waals surface area contributed by atoms with Gasteiger partial charge in [0.15, 0.2) is 0 Å². The van der Waals surface area contributed by atoms with Crippen molar-refractivity contribution in [1.29, 1.82) is 0 Å². The van der Waals surface area contributed by atoms with Gasteiger partial charge in [-0.2, -0.15) is 0 Å². The third kappa shape index (κ3) is 1.36. The van der Waals surface area contributed by atoms with E-state index in [1.54, 1.807) is 0 Å². The highest BCUT2D eigenvalue weighted by Gasteiger charge is 2.19. The van der Waals surface area contributed by atoms with Crippen LogP contribution in [-0.2, 0) is 7.05 Å². The zero-order valence-electron chi connectivity index (χ0n) is 11.9. The van der Waals surface area contributed by atoms with E-state index in [-0.39, 0.29) is 0 Å². The molecule has 0 amide bonds. The highest BCUT2D eigenvalue weighted by molar-refractivity contribution is 6.07. The van der Waals surface area contributed by atoms with Gasteiger partial charge in [0.25, 0.3) is 0 Å². The van der Waals surface area contributed by atoms with Gasteiger partial charge in [-0.25, -0.2) is 4.98 Å². The Labute approximate surface area is 118 Å². The molecule has 2 aliphatic rings. The van der Waals surface area contributed by atoms with E-state index in [0.717, 1.165) is 11.2 Å². The molecule has 0 radical (unpaired) electrons. The minimum Gasteiger partial charge on any atom is -0.347 e. The molecule has 0 bridgehead atoms. The zero-order chi connectivity index (χ0) is 13.9. The van der Waals surface area contributed by atoms with Gasteiger partial charge in [-0.05, 0) is 32.0 Å². The Morgan fingerprint density at radius 3 is 2.60 bits per heavy atom. The van der Waals surface area contributed by atoms with Crippen molar-refractivity contribution in [2.45, 2.75) is 13.8 Å². The number of para-hydroxylation sites is 1. The van der Waals surface area contributed by atoms with Gasteiger partial charge in [-0.15, -0.1) is 0 Å². The Morgan fingerprint density at radius 2 is 1.75 bits per heavy atom. The topological polar surface area (TPSA) is 17.8 Å². The molecule has 4 rings (SSSR count). The summed E-state index contributed by atoms with van der Waals surface area (Å²) in [5.74, 6) is 0. The van der Waals surface area contributed by atoms with Crippen LogP contribution >= 0.6 is 0 Å². The van der Waals surface area contributed by atoms with Crippen LogP contribution in [0.2, 0.25) is 0 Å². The number of aryl methyl sites for hydroxylation is 2. The molecule has 20 heavy (non-hydrogen) atoms. The third-order valence-corrected chi connectivity index (χ3v) is 4.28. The standard InChI is InChI=1S/C18H16N2/c1-11-8-9-15-14(10-11)17-12(2)20(3)16-7-5-4-6-13(16)18(17)19-15/h4-10H,1-3H3. The summed E-state index contributed by atoms with van der Waals surface area (Å²) in [6, 6.07) is 15.0. The monoisotopic (exact) mass is 260 g/mol. The lowest BCUT2D eigenvalue weighted by atomic mass is 10.0. The van der Waals surface area contributed by atoms with Crippen LogP contribution < -0.4 is 0 Å². The highest BCUT2D eigenvalue weighted by atomic mass is 14.9. The van der Waals surface area contributed by atoms with Gasteiger partial charge in [0.2, 0.25) is 0 Å². The third-order valence-electron chi connectivity index (χ3n) is 4.28. The minimum atomic E-state index is 1.09. The zero-order valence-corrected chi connectivity index (χ0v) is 11.9. The molecule has 0 atom stereocenters. The van der Waals surface area contributed by atoms with Crippen molar-refractivity contribution in [3.8, 4) is 11.3 Å². The molecule has 2 nitrogen and oxygen atoms in total. The number of pyridine rings is 1. The number of fused-ring (bicyclic) bond motifs is 5. The highest BCUT2D eigenvalue weighted by Crippen LogP contribution is 2.39. The predicted molar refractivity (Wildman–Crippen MR) is 84.3 cm³/mol. The van der Waals surface area contributed by atoms with Crippen LogP contribution in [0.4, 0.5) is 0 Å². The Morgan fingerprint density at radius 1 is 0.950 bits per heavy atom. The fraction of sp³-hybridized carbons (Fsp3) is 0.167. The first-order valence-corrected chi connectivity index (χ1v) is 6.91. The molecule has 0 fully saturated rings. The summed E-state index contributed by atoms with van der Waals surface area (Å²) in [4.78, 5) is 4.87. The first-order valence-electron chi connectivity index (χ1n) is 6.91. The van der Waals surface area contributed by atoms with Gasteiger partial charge < -0.3 is 4.57 Å². The van der Waals surface area contributed by atoms with Crippen LogP contribution in [0.15, 0.2) is 42.5 Å². The van der Waals surface area contributed by atoms with Crippen LogP contribution in [0.1, 0.15) is 11.3 Å². The molecule has 0 saturated carbocycles. The van der Waals surface area contributed by atoms with Crippen LogP contribution in [-0.4, -0.2) is 9.55 Å². The van der Waals surface area contributed by atoms with E-state index in [2.05, 4.69) is 67.9 Å². The minimum absolute atomic E-state index is 1.09. The first-order chi connectivity index (χ1) is 9.66. The van der Waals surface area contributed by atoms with Gasteiger partial charge in [0.05, 0.1) is 16.7 Å². The molecule has 2 aromatic carbocycles. The van der Waals surface area contributed by atoms with E-state index in [0.29, 0.717) is 0 Å². The average Bonchev–Trinajstić information content (AvgIpc) is 2.83. The Bertz CT molecular complexity index is 931. The lowest BCUT2D eigenvalue weighted by Crippen LogP contribution is -2.02. The molecule has 0 saturated heterocycles. The fourth-order valence-electron chi connectivity index (χ4n) is 3.13. The Kier molecular flexibility index (Phi) is 2.19. The molecule has 98 valence electrons. The van der Waals surface area contributed by atoms with Gasteiger partial charge in [0.1, 0.15) is 0 Å². The smallest absolute Gasteiger partial charge is 0.0827 e. The molecule has 0 N–H and O–H groups in total. The van der Waals surface area contributed by atoms with Crippen LogP contribution in [0.3, 0.4) is 0 Å². The van der Waals surface area contributed by atoms with E-state index < -0.39 is 0 Å². The largest absolute Gasteiger partial charge is 0.347 e. The summed E-state index contributed by atoms with van der Waals surface area (Å²) >= 11 is 0. The van der Waals surface area contributed by atoms with Gasteiger partial charge in [-0.1, -0.05) is 29.8 Å². The molecule has 0 aliphatic carbocycles. The summed E-state index contributed by atoms with van der Waals surface area (Å²) in [5.41, 5.74) is 7.28. The van der Waals surface area contributed by atoms with E-state index in [9.17, 15) is 0 Å². The Hall–Kier alpha value is -2.35. The molecule has 0 aromatic heterocycles. The summed E-state index contributed by atoms with van der Waals surface area (Å²) in [6.45, 7) is 4.31. The summed E-state index contributed by atoms with van der Waals surface area (Å²) in [7, 11) is 2.13.